The first-order valence-electron chi connectivity index (χ1n) is 21.4. The van der Waals surface area contributed by atoms with E-state index in [2.05, 4.69) is 62.1 Å². The van der Waals surface area contributed by atoms with E-state index >= 15 is 0 Å². The fourth-order valence-electron chi connectivity index (χ4n) is 10.1. The van der Waals surface area contributed by atoms with Crippen LogP contribution in [0.3, 0.4) is 0 Å². The van der Waals surface area contributed by atoms with Crippen LogP contribution in [0.25, 0.3) is 6.08 Å². The molecule has 0 saturated carbocycles. The van der Waals surface area contributed by atoms with Gasteiger partial charge < -0.3 is 19.7 Å². The second-order valence-electron chi connectivity index (χ2n) is 17.9. The van der Waals surface area contributed by atoms with E-state index in [0.29, 0.717) is 30.4 Å². The molecule has 4 atom stereocenters. The third kappa shape index (κ3) is 8.85. The predicted octanol–water partition coefficient (Wildman–Crippen LogP) is 7.23. The molecule has 60 heavy (non-hydrogen) atoms. The van der Waals surface area contributed by atoms with Crippen molar-refractivity contribution in [2.45, 2.75) is 83.5 Å². The summed E-state index contributed by atoms with van der Waals surface area (Å²) >= 11 is 0. The van der Waals surface area contributed by atoms with Crippen molar-refractivity contribution in [3.63, 3.8) is 0 Å². The van der Waals surface area contributed by atoms with Gasteiger partial charge in [0.15, 0.2) is 11.6 Å². The van der Waals surface area contributed by atoms with Crippen LogP contribution in [0.4, 0.5) is 4.39 Å². The van der Waals surface area contributed by atoms with E-state index in [4.69, 9.17) is 4.43 Å². The van der Waals surface area contributed by atoms with Crippen LogP contribution in [-0.2, 0) is 20.6 Å². The molecular weight excluding hydrogens is 772 g/mol. The quantitative estimate of drug-likeness (QED) is 0.0700. The molecule has 2 heterocycles. The number of amides is 2. The van der Waals surface area contributed by atoms with Crippen LogP contribution in [0.2, 0.25) is 5.04 Å². The van der Waals surface area contributed by atoms with Crippen LogP contribution in [-0.4, -0.2) is 83.7 Å². The van der Waals surface area contributed by atoms with E-state index in [0.717, 1.165) is 41.2 Å². The first kappa shape index (κ1) is 43.4. The van der Waals surface area contributed by atoms with E-state index in [-0.39, 0.29) is 42.3 Å². The molecule has 0 bridgehead atoms. The van der Waals surface area contributed by atoms with Gasteiger partial charge in [-0.25, -0.2) is 4.39 Å². The normalized spacial score (nSPS) is 21.4. The van der Waals surface area contributed by atoms with E-state index in [9.17, 15) is 29.3 Å². The third-order valence-corrected chi connectivity index (χ3v) is 18.0. The molecule has 10 heteroatoms. The van der Waals surface area contributed by atoms with Gasteiger partial charge in [0.05, 0.1) is 31.2 Å². The van der Waals surface area contributed by atoms with E-state index < -0.39 is 50.3 Å². The summed E-state index contributed by atoms with van der Waals surface area (Å²) in [7, 11) is -3.06. The Morgan fingerprint density at radius 1 is 0.900 bits per heavy atom. The van der Waals surface area contributed by atoms with Crippen LogP contribution in [0.5, 0.6) is 5.75 Å². The average Bonchev–Trinajstić information content (AvgIpc) is 3.50. The van der Waals surface area contributed by atoms with Gasteiger partial charge >= 0.3 is 0 Å². The fourth-order valence-corrected chi connectivity index (χ4v) is 14.6. The van der Waals surface area contributed by atoms with Crippen LogP contribution in [0.15, 0.2) is 126 Å². The second kappa shape index (κ2) is 18.5. The number of phenolic OH excluding ortho intramolecular Hbond substituents is 1. The molecular formula is C50H59FN2O6Si. The summed E-state index contributed by atoms with van der Waals surface area (Å²) in [6.07, 6.45) is 3.11. The molecule has 1 aliphatic carbocycles. The number of likely N-dealkylation sites (tertiary alicyclic amines) is 2. The summed E-state index contributed by atoms with van der Waals surface area (Å²) in [5, 5.41) is 35.1. The zero-order valence-corrected chi connectivity index (χ0v) is 36.3. The molecule has 4 aromatic rings. The highest BCUT2D eigenvalue weighted by Gasteiger charge is 2.57. The highest BCUT2D eigenvalue weighted by molar-refractivity contribution is 6.99. The number of aromatic hydroxyl groups is 1. The Bertz CT molecular complexity index is 2140. The lowest BCUT2D eigenvalue weighted by atomic mass is 9.68. The van der Waals surface area contributed by atoms with Gasteiger partial charge in [-0.05, 0) is 88.8 Å². The molecule has 316 valence electrons. The minimum atomic E-state index is -3.06. The van der Waals surface area contributed by atoms with Crippen LogP contribution in [0.1, 0.15) is 70.9 Å². The van der Waals surface area contributed by atoms with Gasteiger partial charge in [0.1, 0.15) is 0 Å². The number of hydrogen-bond donors (Lipinski definition) is 3. The van der Waals surface area contributed by atoms with Crippen molar-refractivity contribution in [1.29, 1.82) is 0 Å². The van der Waals surface area contributed by atoms with Gasteiger partial charge in [0, 0.05) is 31.6 Å². The zero-order chi connectivity index (χ0) is 42.6. The smallest absolute Gasteiger partial charge is 0.261 e. The molecule has 2 amide bonds. The second-order valence-corrected chi connectivity index (χ2v) is 22.2. The van der Waals surface area contributed by atoms with E-state index in [1.807, 2.05) is 67.6 Å². The largest absolute Gasteiger partial charge is 0.505 e. The lowest BCUT2D eigenvalue weighted by Crippen LogP contribution is -2.66. The number of allylic oxidation sites excluding steroid dienone is 1. The molecule has 0 spiro atoms. The number of piperidine rings is 1. The molecule has 7 rings (SSSR count). The minimum absolute atomic E-state index is 0.125. The number of hydrogen-bond acceptors (Lipinski definition) is 7. The van der Waals surface area contributed by atoms with Crippen molar-refractivity contribution in [2.24, 2.45) is 17.8 Å². The number of aliphatic hydroxyl groups is 2. The molecule has 2 saturated heterocycles. The first-order chi connectivity index (χ1) is 28.8. The third-order valence-electron chi connectivity index (χ3n) is 13.0. The van der Waals surface area contributed by atoms with Crippen molar-refractivity contribution in [2.75, 3.05) is 26.3 Å². The van der Waals surface area contributed by atoms with Gasteiger partial charge in [0.25, 0.3) is 8.32 Å². The van der Waals surface area contributed by atoms with Crippen molar-refractivity contribution < 1.29 is 33.7 Å². The number of imide groups is 1. The van der Waals surface area contributed by atoms with Crippen LogP contribution in [0, 0.1) is 23.6 Å². The van der Waals surface area contributed by atoms with Crippen molar-refractivity contribution in [1.82, 2.24) is 9.80 Å². The molecule has 0 aromatic heterocycles. The number of carbonyl (C=O) groups excluding carboxylic acids is 2. The maximum Gasteiger partial charge on any atom is 0.261 e. The van der Waals surface area contributed by atoms with Gasteiger partial charge in [0.2, 0.25) is 11.8 Å². The summed E-state index contributed by atoms with van der Waals surface area (Å²) in [6.45, 7) is 10.6. The van der Waals surface area contributed by atoms with Crippen molar-refractivity contribution >= 4 is 36.6 Å². The Hall–Kier alpha value is -4.71. The van der Waals surface area contributed by atoms with Gasteiger partial charge in [-0.1, -0.05) is 129 Å². The summed E-state index contributed by atoms with van der Waals surface area (Å²) < 4.78 is 21.6. The maximum atomic E-state index is 14.6. The minimum Gasteiger partial charge on any atom is -0.505 e. The standard InChI is InChI=1S/C50H59FN2O6Si/c1-34(28-36-21-23-44(55)43(51)29-36)20-22-45(56)46-37(33-59-60(50(2,3)4,39-16-10-6-11-17-39)40-18-12-7-13-19-40)30-41-47(42(46)32-54)49(58)53(48(41)57)38-24-26-52(27-25-38)31-35-14-8-5-9-15-35/h5-19,21,23,28-29,38,41-42,45,47,54-56H,20,22,24-27,30-33H2,1-4H3/b34-28+/t41-,42+,45-,47-/m1/s1. The van der Waals surface area contributed by atoms with Crippen molar-refractivity contribution in [3.8, 4) is 5.75 Å². The van der Waals surface area contributed by atoms with Gasteiger partial charge in [-0.2, -0.15) is 0 Å². The summed E-state index contributed by atoms with van der Waals surface area (Å²) in [6, 6.07) is 34.9. The molecule has 4 aromatic carbocycles. The molecule has 8 nitrogen and oxygen atoms in total. The molecule has 3 aliphatic rings. The first-order valence-corrected chi connectivity index (χ1v) is 23.3. The molecule has 3 N–H and O–H groups in total. The lowest BCUT2D eigenvalue weighted by molar-refractivity contribution is -0.144. The van der Waals surface area contributed by atoms with E-state index in [1.54, 1.807) is 6.07 Å². The number of benzene rings is 4. The fraction of sp³-hybridized carbons (Fsp3) is 0.400. The average molecular weight is 831 g/mol. The number of rotatable bonds is 14. The monoisotopic (exact) mass is 830 g/mol. The summed E-state index contributed by atoms with van der Waals surface area (Å²) in [4.78, 5) is 33.1. The highest BCUT2D eigenvalue weighted by Crippen LogP contribution is 2.48. The number of fused-ring (bicyclic) bond motifs is 1. The number of carbonyl (C=O) groups is 2. The van der Waals surface area contributed by atoms with Crippen LogP contribution >= 0.6 is 0 Å². The summed E-state index contributed by atoms with van der Waals surface area (Å²) in [5.41, 5.74) is 4.05. The number of aliphatic hydroxyl groups excluding tert-OH is 2. The van der Waals surface area contributed by atoms with Gasteiger partial charge in [-0.15, -0.1) is 0 Å². The van der Waals surface area contributed by atoms with E-state index in [1.165, 1.54) is 22.6 Å². The number of halogens is 1. The molecule has 0 unspecified atom stereocenters. The SMILES string of the molecule is C/C(=C\c1ccc(O)c(F)c1)CC[C@@H](O)C1=C(CO[Si](c2ccccc2)(c2ccccc2)C(C)(C)C)C[C@H]2C(=O)N(C3CCN(Cc4ccccc4)CC3)C(=O)[C@H]2[C@H]1CO. The highest BCUT2D eigenvalue weighted by atomic mass is 28.4. The van der Waals surface area contributed by atoms with Crippen molar-refractivity contribution in [3.05, 3.63) is 143 Å². The summed E-state index contributed by atoms with van der Waals surface area (Å²) in [5.74, 6) is -3.81. The topological polar surface area (TPSA) is 111 Å². The Morgan fingerprint density at radius 3 is 2.07 bits per heavy atom. The number of phenols is 1. The Balaban J connectivity index is 1.21. The zero-order valence-electron chi connectivity index (χ0n) is 35.3. The van der Waals surface area contributed by atoms with Crippen LogP contribution < -0.4 is 10.4 Å². The Labute approximate surface area is 355 Å². The van der Waals surface area contributed by atoms with Gasteiger partial charge in [-0.3, -0.25) is 19.4 Å². The number of nitrogens with zero attached hydrogens (tertiary/aromatic N) is 2. The molecule has 2 fully saturated rings. The predicted molar refractivity (Wildman–Crippen MR) is 236 cm³/mol. The lowest BCUT2D eigenvalue weighted by Gasteiger charge is -2.44. The maximum absolute atomic E-state index is 14.6. The Kier molecular flexibility index (Phi) is 13.4. The molecule has 0 radical (unpaired) electrons. The molecule has 2 aliphatic heterocycles. The Morgan fingerprint density at radius 2 is 1.50 bits per heavy atom.